The monoisotopic (exact) mass is 371 g/mol. The van der Waals surface area contributed by atoms with E-state index >= 15 is 0 Å². The fourth-order valence-electron chi connectivity index (χ4n) is 3.40. The van der Waals surface area contributed by atoms with Crippen molar-refractivity contribution in [1.29, 1.82) is 0 Å². The van der Waals surface area contributed by atoms with E-state index in [9.17, 15) is 0 Å². The third-order valence-electron chi connectivity index (χ3n) is 4.52. The zero-order valence-electron chi connectivity index (χ0n) is 15.0. The van der Waals surface area contributed by atoms with Crippen LogP contribution in [-0.4, -0.2) is 45.9 Å². The molecule has 3 aromatic rings. The van der Waals surface area contributed by atoms with Crippen LogP contribution in [0.15, 0.2) is 30.6 Å². The van der Waals surface area contributed by atoms with Crippen LogP contribution in [0.25, 0.3) is 16.9 Å². The summed E-state index contributed by atoms with van der Waals surface area (Å²) in [6.45, 7) is 7.60. The van der Waals surface area contributed by atoms with Crippen molar-refractivity contribution in [3.8, 4) is 11.3 Å². The third-order valence-corrected chi connectivity index (χ3v) is 4.73. The van der Waals surface area contributed by atoms with Crippen LogP contribution >= 0.6 is 11.6 Å². The minimum Gasteiger partial charge on any atom is -0.378 e. The zero-order chi connectivity index (χ0) is 18.1. The molecule has 0 radical (unpaired) electrons. The molecule has 0 N–H and O–H groups in total. The second kappa shape index (κ2) is 7.21. The molecule has 4 heterocycles. The van der Waals surface area contributed by atoms with Gasteiger partial charge >= 0.3 is 0 Å². The average molecular weight is 372 g/mol. The topological polar surface area (TPSA) is 55.5 Å². The Morgan fingerprint density at radius 1 is 1.19 bits per heavy atom. The van der Waals surface area contributed by atoms with Crippen molar-refractivity contribution >= 4 is 22.9 Å². The first-order valence-electron chi connectivity index (χ1n) is 8.94. The minimum atomic E-state index is 0.470. The first-order valence-corrected chi connectivity index (χ1v) is 9.32. The molecule has 1 fully saturated rings. The van der Waals surface area contributed by atoms with Gasteiger partial charge in [0.15, 0.2) is 5.65 Å². The van der Waals surface area contributed by atoms with E-state index in [1.165, 1.54) is 0 Å². The second-order valence-corrected chi connectivity index (χ2v) is 7.31. The van der Waals surface area contributed by atoms with Crippen molar-refractivity contribution in [3.63, 3.8) is 0 Å². The van der Waals surface area contributed by atoms with Crippen molar-refractivity contribution in [1.82, 2.24) is 19.6 Å². The number of aromatic nitrogens is 4. The SMILES string of the molecule is CC(C)Cc1nc2c(N3CCOCC3)ccnn2c1-c1ccnc(Cl)c1. The van der Waals surface area contributed by atoms with E-state index < -0.39 is 0 Å². The first-order chi connectivity index (χ1) is 12.6. The number of imidazole rings is 1. The van der Waals surface area contributed by atoms with Crippen LogP contribution in [0.2, 0.25) is 5.15 Å². The Labute approximate surface area is 157 Å². The molecule has 0 saturated carbocycles. The summed E-state index contributed by atoms with van der Waals surface area (Å²) in [5, 5.41) is 5.07. The molecule has 7 heteroatoms. The zero-order valence-corrected chi connectivity index (χ0v) is 15.8. The number of anilines is 1. The van der Waals surface area contributed by atoms with Gasteiger partial charge in [-0.3, -0.25) is 0 Å². The van der Waals surface area contributed by atoms with E-state index in [0.29, 0.717) is 11.1 Å². The molecule has 0 aromatic carbocycles. The summed E-state index contributed by atoms with van der Waals surface area (Å²) in [4.78, 5) is 11.4. The lowest BCUT2D eigenvalue weighted by atomic mass is 10.0. The summed E-state index contributed by atoms with van der Waals surface area (Å²) >= 11 is 6.14. The quantitative estimate of drug-likeness (QED) is 0.657. The molecule has 0 unspecified atom stereocenters. The van der Waals surface area contributed by atoms with Crippen molar-refractivity contribution < 1.29 is 4.74 Å². The molecule has 0 bridgehead atoms. The largest absolute Gasteiger partial charge is 0.378 e. The number of hydrogen-bond acceptors (Lipinski definition) is 5. The minimum absolute atomic E-state index is 0.470. The van der Waals surface area contributed by atoms with Crippen molar-refractivity contribution in [2.45, 2.75) is 20.3 Å². The van der Waals surface area contributed by atoms with Crippen molar-refractivity contribution in [2.24, 2.45) is 5.92 Å². The number of nitrogens with zero attached hydrogens (tertiary/aromatic N) is 5. The predicted octanol–water partition coefficient (Wildman–Crippen LogP) is 3.48. The van der Waals surface area contributed by atoms with Crippen LogP contribution in [0.5, 0.6) is 0 Å². The molecule has 26 heavy (non-hydrogen) atoms. The third kappa shape index (κ3) is 3.27. The Balaban J connectivity index is 1.91. The maximum Gasteiger partial charge on any atom is 0.178 e. The van der Waals surface area contributed by atoms with Crippen molar-refractivity contribution in [3.05, 3.63) is 41.4 Å². The maximum atomic E-state index is 6.14. The van der Waals surface area contributed by atoms with Gasteiger partial charge in [0.05, 0.1) is 36.5 Å². The molecule has 136 valence electrons. The molecule has 1 saturated heterocycles. The summed E-state index contributed by atoms with van der Waals surface area (Å²) in [6.07, 6.45) is 4.44. The van der Waals surface area contributed by atoms with E-state index in [-0.39, 0.29) is 0 Å². The Hall–Kier alpha value is -2.18. The summed E-state index contributed by atoms with van der Waals surface area (Å²) in [6, 6.07) is 5.87. The summed E-state index contributed by atoms with van der Waals surface area (Å²) in [7, 11) is 0. The molecule has 1 aliphatic heterocycles. The van der Waals surface area contributed by atoms with Crippen LogP contribution in [-0.2, 0) is 11.2 Å². The first kappa shape index (κ1) is 17.2. The number of rotatable bonds is 4. The van der Waals surface area contributed by atoms with Gasteiger partial charge in [-0.05, 0) is 30.5 Å². The van der Waals surface area contributed by atoms with Gasteiger partial charge in [-0.2, -0.15) is 5.10 Å². The van der Waals surface area contributed by atoms with Gasteiger partial charge in [-0.15, -0.1) is 0 Å². The van der Waals surface area contributed by atoms with E-state index in [2.05, 4.69) is 28.8 Å². The average Bonchev–Trinajstić information content (AvgIpc) is 2.99. The highest BCUT2D eigenvalue weighted by Crippen LogP contribution is 2.31. The molecule has 0 amide bonds. The summed E-state index contributed by atoms with van der Waals surface area (Å²) in [5.74, 6) is 0.489. The predicted molar refractivity (Wildman–Crippen MR) is 103 cm³/mol. The van der Waals surface area contributed by atoms with Crippen LogP contribution in [0, 0.1) is 5.92 Å². The lowest BCUT2D eigenvalue weighted by Crippen LogP contribution is -2.36. The molecule has 0 aliphatic carbocycles. The van der Waals surface area contributed by atoms with E-state index in [1.54, 1.807) is 6.20 Å². The van der Waals surface area contributed by atoms with Gasteiger partial charge in [-0.1, -0.05) is 25.4 Å². The van der Waals surface area contributed by atoms with Gasteiger partial charge < -0.3 is 9.64 Å². The summed E-state index contributed by atoms with van der Waals surface area (Å²) < 4.78 is 7.43. The Kier molecular flexibility index (Phi) is 4.78. The lowest BCUT2D eigenvalue weighted by molar-refractivity contribution is 0.123. The number of fused-ring (bicyclic) bond motifs is 1. The van der Waals surface area contributed by atoms with Gasteiger partial charge in [0.1, 0.15) is 5.15 Å². The molecule has 1 aliphatic rings. The number of pyridine rings is 1. The van der Waals surface area contributed by atoms with Crippen LogP contribution in [0.4, 0.5) is 5.69 Å². The van der Waals surface area contributed by atoms with Gasteiger partial charge in [-0.25, -0.2) is 14.5 Å². The highest BCUT2D eigenvalue weighted by atomic mass is 35.5. The van der Waals surface area contributed by atoms with Crippen LogP contribution in [0.3, 0.4) is 0 Å². The Bertz CT molecular complexity index is 917. The van der Waals surface area contributed by atoms with E-state index in [1.807, 2.05) is 28.9 Å². The van der Waals surface area contributed by atoms with E-state index in [4.69, 9.17) is 21.3 Å². The standard InChI is InChI=1S/C19H22ClN5O/c1-13(2)11-15-18(14-3-5-21-17(20)12-14)25-19(23-15)16(4-6-22-25)24-7-9-26-10-8-24/h3-6,12-13H,7-11H2,1-2H3. The summed E-state index contributed by atoms with van der Waals surface area (Å²) in [5.41, 5.74) is 5.00. The molecule has 0 spiro atoms. The fourth-order valence-corrected chi connectivity index (χ4v) is 3.57. The number of morpholine rings is 1. The number of hydrogen-bond donors (Lipinski definition) is 0. The van der Waals surface area contributed by atoms with Crippen LogP contribution in [0.1, 0.15) is 19.5 Å². The smallest absolute Gasteiger partial charge is 0.178 e. The number of ether oxygens (including phenoxy) is 1. The number of halogens is 1. The molecular formula is C19H22ClN5O. The van der Waals surface area contributed by atoms with Gasteiger partial charge in [0, 0.05) is 24.8 Å². The molecule has 4 rings (SSSR count). The second-order valence-electron chi connectivity index (χ2n) is 6.92. The highest BCUT2D eigenvalue weighted by Gasteiger charge is 2.21. The normalized spacial score (nSPS) is 15.2. The Morgan fingerprint density at radius 3 is 2.73 bits per heavy atom. The van der Waals surface area contributed by atoms with Crippen LogP contribution < -0.4 is 4.90 Å². The molecule has 0 atom stereocenters. The lowest BCUT2D eigenvalue weighted by Gasteiger charge is -2.28. The van der Waals surface area contributed by atoms with Gasteiger partial charge in [0.25, 0.3) is 0 Å². The maximum absolute atomic E-state index is 6.14. The Morgan fingerprint density at radius 2 is 2.00 bits per heavy atom. The van der Waals surface area contributed by atoms with Gasteiger partial charge in [0.2, 0.25) is 0 Å². The van der Waals surface area contributed by atoms with E-state index in [0.717, 1.165) is 61.0 Å². The fraction of sp³-hybridized carbons (Fsp3) is 0.421. The van der Waals surface area contributed by atoms with Crippen molar-refractivity contribution in [2.75, 3.05) is 31.2 Å². The highest BCUT2D eigenvalue weighted by molar-refractivity contribution is 6.29. The molecular weight excluding hydrogens is 350 g/mol. The molecule has 3 aromatic heterocycles. The molecule has 6 nitrogen and oxygen atoms in total.